The first-order valence-corrected chi connectivity index (χ1v) is 7.92. The maximum absolute atomic E-state index is 13.1. The van der Waals surface area contributed by atoms with Crippen molar-refractivity contribution in [2.24, 2.45) is 7.05 Å². The molecule has 0 saturated carbocycles. The molecule has 128 valence electrons. The van der Waals surface area contributed by atoms with Crippen LogP contribution in [0.25, 0.3) is 10.9 Å². The number of para-hydroxylation sites is 1. The Bertz CT molecular complexity index is 933. The van der Waals surface area contributed by atoms with E-state index in [1.54, 1.807) is 6.20 Å². The molecule has 0 aliphatic rings. The Morgan fingerprint density at radius 3 is 2.48 bits per heavy atom. The third-order valence-electron chi connectivity index (χ3n) is 3.92. The monoisotopic (exact) mass is 339 g/mol. The van der Waals surface area contributed by atoms with Crippen LogP contribution in [0, 0.1) is 5.82 Å². The summed E-state index contributed by atoms with van der Waals surface area (Å²) in [5.41, 5.74) is 1.82. The molecule has 0 bridgehead atoms. The molecule has 5 nitrogen and oxygen atoms in total. The van der Waals surface area contributed by atoms with Crippen LogP contribution in [0.2, 0.25) is 0 Å². The second-order valence-corrected chi connectivity index (χ2v) is 5.69. The minimum atomic E-state index is -0.461. The van der Waals surface area contributed by atoms with Gasteiger partial charge in [-0.3, -0.25) is 9.59 Å². The fourth-order valence-corrected chi connectivity index (χ4v) is 2.70. The summed E-state index contributed by atoms with van der Waals surface area (Å²) < 4.78 is 15.0. The highest BCUT2D eigenvalue weighted by Gasteiger charge is 2.13. The van der Waals surface area contributed by atoms with Crippen molar-refractivity contribution < 1.29 is 14.0 Å². The Kier molecular flexibility index (Phi) is 4.79. The van der Waals surface area contributed by atoms with E-state index in [4.69, 9.17) is 0 Å². The summed E-state index contributed by atoms with van der Waals surface area (Å²) in [4.78, 5) is 24.2. The Morgan fingerprint density at radius 2 is 1.72 bits per heavy atom. The van der Waals surface area contributed by atoms with Crippen molar-refractivity contribution >= 4 is 22.7 Å². The van der Waals surface area contributed by atoms with Gasteiger partial charge >= 0.3 is 0 Å². The minimum absolute atomic E-state index is 0.197. The molecule has 0 aliphatic heterocycles. The van der Waals surface area contributed by atoms with Gasteiger partial charge in [-0.05, 0) is 24.3 Å². The standard InChI is InChI=1S/C19H18FN3O2/c1-23-12-16(15-7-2-3-8-17(15)23)19(25)22-10-9-21-18(24)13-5-4-6-14(20)11-13/h2-8,11-12H,9-10H2,1H3,(H,21,24)(H,22,25). The van der Waals surface area contributed by atoms with Gasteiger partial charge in [0.05, 0.1) is 5.56 Å². The van der Waals surface area contributed by atoms with E-state index >= 15 is 0 Å². The van der Waals surface area contributed by atoms with Crippen LogP contribution in [0.15, 0.2) is 54.7 Å². The summed E-state index contributed by atoms with van der Waals surface area (Å²) in [5.74, 6) is -1.03. The van der Waals surface area contributed by atoms with Crippen LogP contribution < -0.4 is 10.6 Å². The number of nitrogens with zero attached hydrogens (tertiary/aromatic N) is 1. The first-order chi connectivity index (χ1) is 12.1. The summed E-state index contributed by atoms with van der Waals surface area (Å²) in [6.45, 7) is 0.537. The van der Waals surface area contributed by atoms with Gasteiger partial charge in [-0.2, -0.15) is 0 Å². The van der Waals surface area contributed by atoms with Crippen molar-refractivity contribution in [3.63, 3.8) is 0 Å². The molecule has 6 heteroatoms. The van der Waals surface area contributed by atoms with Crippen LogP contribution in [0.1, 0.15) is 20.7 Å². The Balaban J connectivity index is 1.55. The van der Waals surface area contributed by atoms with Gasteiger partial charge in [0, 0.05) is 42.8 Å². The van der Waals surface area contributed by atoms with Gasteiger partial charge in [0.25, 0.3) is 11.8 Å². The average Bonchev–Trinajstić information content (AvgIpc) is 2.96. The molecule has 0 fully saturated rings. The van der Waals surface area contributed by atoms with Gasteiger partial charge in [0.2, 0.25) is 0 Å². The molecule has 0 radical (unpaired) electrons. The molecule has 3 rings (SSSR count). The number of nitrogens with one attached hydrogen (secondary N) is 2. The topological polar surface area (TPSA) is 63.1 Å². The van der Waals surface area contributed by atoms with Crippen LogP contribution >= 0.6 is 0 Å². The lowest BCUT2D eigenvalue weighted by Gasteiger charge is -2.07. The largest absolute Gasteiger partial charge is 0.350 e. The fraction of sp³-hybridized carbons (Fsp3) is 0.158. The highest BCUT2D eigenvalue weighted by Crippen LogP contribution is 2.19. The first-order valence-electron chi connectivity index (χ1n) is 7.92. The summed E-state index contributed by atoms with van der Waals surface area (Å²) in [7, 11) is 1.89. The van der Waals surface area contributed by atoms with Gasteiger partial charge in [0.1, 0.15) is 5.82 Å². The van der Waals surface area contributed by atoms with Crippen LogP contribution in [0.4, 0.5) is 4.39 Å². The van der Waals surface area contributed by atoms with Gasteiger partial charge < -0.3 is 15.2 Å². The number of hydrogen-bond acceptors (Lipinski definition) is 2. The zero-order valence-electron chi connectivity index (χ0n) is 13.8. The average molecular weight is 339 g/mol. The normalized spacial score (nSPS) is 10.6. The van der Waals surface area contributed by atoms with E-state index in [1.165, 1.54) is 24.3 Å². The fourth-order valence-electron chi connectivity index (χ4n) is 2.70. The van der Waals surface area contributed by atoms with Crippen molar-refractivity contribution in [2.45, 2.75) is 0 Å². The van der Waals surface area contributed by atoms with E-state index in [0.717, 1.165) is 10.9 Å². The summed E-state index contributed by atoms with van der Waals surface area (Å²) in [6.07, 6.45) is 1.78. The zero-order chi connectivity index (χ0) is 17.8. The van der Waals surface area contributed by atoms with Gasteiger partial charge in [-0.1, -0.05) is 24.3 Å². The maximum Gasteiger partial charge on any atom is 0.253 e. The minimum Gasteiger partial charge on any atom is -0.350 e. The summed E-state index contributed by atoms with van der Waals surface area (Å²) >= 11 is 0. The highest BCUT2D eigenvalue weighted by atomic mass is 19.1. The zero-order valence-corrected chi connectivity index (χ0v) is 13.8. The predicted octanol–water partition coefficient (Wildman–Crippen LogP) is 2.48. The van der Waals surface area contributed by atoms with E-state index in [0.29, 0.717) is 5.56 Å². The molecule has 1 aromatic heterocycles. The quantitative estimate of drug-likeness (QED) is 0.702. The highest BCUT2D eigenvalue weighted by molar-refractivity contribution is 6.07. The van der Waals surface area contributed by atoms with E-state index < -0.39 is 5.82 Å². The first kappa shape index (κ1) is 16.7. The number of benzene rings is 2. The molecule has 0 atom stereocenters. The molecular formula is C19H18FN3O2. The Morgan fingerprint density at radius 1 is 1.00 bits per heavy atom. The second kappa shape index (κ2) is 7.17. The molecule has 0 aliphatic carbocycles. The van der Waals surface area contributed by atoms with Crippen LogP contribution in [0.3, 0.4) is 0 Å². The lowest BCUT2D eigenvalue weighted by molar-refractivity contribution is 0.0928. The predicted molar refractivity (Wildman–Crippen MR) is 94.0 cm³/mol. The molecule has 2 N–H and O–H groups in total. The number of aryl methyl sites for hydroxylation is 1. The molecule has 2 amide bonds. The van der Waals surface area contributed by atoms with Gasteiger partial charge in [-0.15, -0.1) is 0 Å². The number of aromatic nitrogens is 1. The molecule has 25 heavy (non-hydrogen) atoms. The number of halogens is 1. The molecule has 3 aromatic rings. The Labute approximate surface area is 144 Å². The Hall–Kier alpha value is -3.15. The van der Waals surface area contributed by atoms with Gasteiger partial charge in [0.15, 0.2) is 0 Å². The molecule has 0 saturated heterocycles. The van der Waals surface area contributed by atoms with Crippen LogP contribution in [-0.2, 0) is 7.05 Å². The molecule has 1 heterocycles. The van der Waals surface area contributed by atoms with E-state index in [1.807, 2.05) is 35.9 Å². The maximum atomic E-state index is 13.1. The van der Waals surface area contributed by atoms with E-state index in [9.17, 15) is 14.0 Å². The SMILES string of the molecule is Cn1cc(C(=O)NCCNC(=O)c2cccc(F)c2)c2ccccc21. The lowest BCUT2D eigenvalue weighted by atomic mass is 10.1. The van der Waals surface area contributed by atoms with Crippen molar-refractivity contribution in [1.29, 1.82) is 0 Å². The van der Waals surface area contributed by atoms with Crippen LogP contribution in [0.5, 0.6) is 0 Å². The van der Waals surface area contributed by atoms with E-state index in [-0.39, 0.29) is 30.5 Å². The third kappa shape index (κ3) is 3.68. The van der Waals surface area contributed by atoms with Crippen LogP contribution in [-0.4, -0.2) is 29.5 Å². The number of hydrogen-bond donors (Lipinski definition) is 2. The van der Waals surface area contributed by atoms with E-state index in [2.05, 4.69) is 10.6 Å². The van der Waals surface area contributed by atoms with Crippen molar-refractivity contribution in [3.8, 4) is 0 Å². The van der Waals surface area contributed by atoms with Gasteiger partial charge in [-0.25, -0.2) is 4.39 Å². The molecule has 0 unspecified atom stereocenters. The number of amides is 2. The lowest BCUT2D eigenvalue weighted by Crippen LogP contribution is -2.34. The third-order valence-corrected chi connectivity index (χ3v) is 3.92. The number of carbonyl (C=O) groups is 2. The smallest absolute Gasteiger partial charge is 0.253 e. The number of fused-ring (bicyclic) bond motifs is 1. The summed E-state index contributed by atoms with van der Waals surface area (Å²) in [6, 6.07) is 13.1. The van der Waals surface area contributed by atoms with Crippen molar-refractivity contribution in [2.75, 3.05) is 13.1 Å². The van der Waals surface area contributed by atoms with Crippen molar-refractivity contribution in [3.05, 3.63) is 71.7 Å². The molecule has 0 spiro atoms. The second-order valence-electron chi connectivity index (χ2n) is 5.69. The molecule has 2 aromatic carbocycles. The summed E-state index contributed by atoms with van der Waals surface area (Å²) in [5, 5.41) is 6.31. The number of rotatable bonds is 5. The van der Waals surface area contributed by atoms with Crippen molar-refractivity contribution in [1.82, 2.24) is 15.2 Å². The number of carbonyl (C=O) groups excluding carboxylic acids is 2. The molecular weight excluding hydrogens is 321 g/mol.